The average molecular weight is 1440 g/mol. The predicted molar refractivity (Wildman–Crippen MR) is 449 cm³/mol. The van der Waals surface area contributed by atoms with Crippen molar-refractivity contribution in [3.8, 4) is 46.0 Å². The molecule has 0 spiro atoms. The van der Waals surface area contributed by atoms with Crippen LogP contribution in [-0.4, -0.2) is 40.9 Å². The van der Waals surface area contributed by atoms with Gasteiger partial charge in [0.1, 0.15) is 46.0 Å². The summed E-state index contributed by atoms with van der Waals surface area (Å²) in [5.41, 5.74) is 32.4. The van der Waals surface area contributed by atoms with E-state index in [1.54, 1.807) is 0 Å². The zero-order chi connectivity index (χ0) is 79.0. The molecule has 12 aromatic carbocycles. The topological polar surface area (TPSA) is 162 Å². The highest BCUT2D eigenvalue weighted by Crippen LogP contribution is 2.50. The minimum absolute atomic E-state index is 0.133. The van der Waals surface area contributed by atoms with Crippen LogP contribution in [0.4, 0.5) is 0 Å². The Morgan fingerprint density at radius 2 is 0.370 bits per heavy atom. The molecule has 8 nitrogen and oxygen atoms in total. The number of hydrogen-bond acceptors (Lipinski definition) is 8. The summed E-state index contributed by atoms with van der Waals surface area (Å²) >= 11 is 0. The Hall–Kier alpha value is -10.4. The molecule has 0 atom stereocenters. The Labute approximate surface area is 641 Å². The van der Waals surface area contributed by atoms with Crippen LogP contribution >= 0.6 is 0 Å². The number of benzene rings is 12. The first-order valence-electron chi connectivity index (χ1n) is 38.4. The fourth-order valence-corrected chi connectivity index (χ4v) is 17.0. The highest BCUT2D eigenvalue weighted by Gasteiger charge is 2.32. The third kappa shape index (κ3) is 14.6. The van der Waals surface area contributed by atoms with Crippen LogP contribution in [0.1, 0.15) is 281 Å². The molecule has 0 fully saturated rings. The second-order valence-electron chi connectivity index (χ2n) is 32.7. The van der Waals surface area contributed by atoms with E-state index in [9.17, 15) is 40.9 Å². The van der Waals surface area contributed by atoms with Gasteiger partial charge in [-0.15, -0.1) is 0 Å². The summed E-state index contributed by atoms with van der Waals surface area (Å²) < 4.78 is 0. The lowest BCUT2D eigenvalue weighted by molar-refractivity contribution is 0.462. The van der Waals surface area contributed by atoms with Crippen LogP contribution in [0.3, 0.4) is 0 Å². The smallest absolute Gasteiger partial charge is 0.121 e. The molecule has 0 bridgehead atoms. The normalized spacial score (nSPS) is 11.9. The summed E-state index contributed by atoms with van der Waals surface area (Å²) in [6.07, 6.45) is 0. The van der Waals surface area contributed by atoms with Gasteiger partial charge >= 0.3 is 0 Å². The second-order valence-corrected chi connectivity index (χ2v) is 32.7. The summed E-state index contributed by atoms with van der Waals surface area (Å²) in [7, 11) is 0. The van der Waals surface area contributed by atoms with Crippen molar-refractivity contribution in [2.24, 2.45) is 0 Å². The van der Waals surface area contributed by atoms with Crippen LogP contribution in [0.2, 0.25) is 0 Å². The third-order valence-electron chi connectivity index (χ3n) is 24.1. The van der Waals surface area contributed by atoms with Crippen LogP contribution < -0.4 is 0 Å². The number of phenolic OH excluding ortho intramolecular Hbond substituents is 8. The first-order valence-corrected chi connectivity index (χ1v) is 38.4. The predicted octanol–water partition coefficient (Wildman–Crippen LogP) is 25.5. The number of aryl methyl sites for hydroxylation is 8. The molecule has 0 amide bonds. The van der Waals surface area contributed by atoms with Crippen LogP contribution in [0, 0.1) is 111 Å². The molecule has 0 saturated heterocycles. The molecule has 12 rings (SSSR count). The van der Waals surface area contributed by atoms with E-state index in [0.717, 1.165) is 200 Å². The molecule has 108 heavy (non-hydrogen) atoms. The molecule has 0 aliphatic rings. The van der Waals surface area contributed by atoms with E-state index in [0.29, 0.717) is 46.0 Å². The van der Waals surface area contributed by atoms with E-state index in [2.05, 4.69) is 232 Å². The summed E-state index contributed by atoms with van der Waals surface area (Å²) in [5.74, 6) is 2.62. The highest BCUT2D eigenvalue weighted by atomic mass is 16.3. The van der Waals surface area contributed by atoms with E-state index in [4.69, 9.17) is 0 Å². The molecular formula is C100H112O8. The first-order chi connectivity index (χ1) is 50.8. The molecule has 0 unspecified atom stereocenters. The van der Waals surface area contributed by atoms with Gasteiger partial charge in [-0.1, -0.05) is 177 Å². The van der Waals surface area contributed by atoms with Gasteiger partial charge in [0, 0.05) is 23.7 Å². The van der Waals surface area contributed by atoms with Gasteiger partial charge in [-0.05, 0) is 358 Å². The Balaban J connectivity index is 0.000000215. The molecule has 560 valence electrons. The minimum atomic E-state index is -0.144. The number of fused-ring (bicyclic) bond motifs is 2. The zero-order valence-electron chi connectivity index (χ0n) is 68.1. The number of aromatic hydroxyl groups is 8. The third-order valence-corrected chi connectivity index (χ3v) is 24.1. The molecule has 0 aliphatic carbocycles. The maximum atomic E-state index is 11.0. The van der Waals surface area contributed by atoms with Crippen molar-refractivity contribution in [3.63, 3.8) is 0 Å². The van der Waals surface area contributed by atoms with Gasteiger partial charge in [-0.2, -0.15) is 0 Å². The van der Waals surface area contributed by atoms with Crippen LogP contribution in [0.5, 0.6) is 46.0 Å². The van der Waals surface area contributed by atoms with E-state index >= 15 is 0 Å². The summed E-state index contributed by atoms with van der Waals surface area (Å²) in [4.78, 5) is 0. The van der Waals surface area contributed by atoms with E-state index in [-0.39, 0.29) is 47.3 Å². The monoisotopic (exact) mass is 1440 g/mol. The van der Waals surface area contributed by atoms with E-state index in [1.807, 2.05) is 79.7 Å². The van der Waals surface area contributed by atoms with Gasteiger partial charge in [0.15, 0.2) is 0 Å². The lowest BCUT2D eigenvalue weighted by Crippen LogP contribution is -2.11. The fourth-order valence-electron chi connectivity index (χ4n) is 17.0. The number of rotatable bonds is 16. The first kappa shape index (κ1) is 78.6. The molecule has 0 heterocycles. The molecule has 0 radical (unpaired) electrons. The largest absolute Gasteiger partial charge is 0.508 e. The van der Waals surface area contributed by atoms with Crippen molar-refractivity contribution in [3.05, 3.63) is 324 Å². The fraction of sp³-hybridized carbons (Fsp3) is 0.320. The van der Waals surface area contributed by atoms with Gasteiger partial charge in [0.05, 0.1) is 0 Å². The van der Waals surface area contributed by atoms with E-state index < -0.39 is 0 Å². The van der Waals surface area contributed by atoms with Crippen molar-refractivity contribution >= 4 is 21.5 Å². The maximum absolute atomic E-state index is 11.0. The number of phenols is 8. The zero-order valence-corrected chi connectivity index (χ0v) is 68.1. The molecule has 0 saturated carbocycles. The van der Waals surface area contributed by atoms with Crippen LogP contribution in [-0.2, 0) is 0 Å². The van der Waals surface area contributed by atoms with Crippen LogP contribution in [0.15, 0.2) is 146 Å². The van der Waals surface area contributed by atoms with E-state index in [1.165, 1.54) is 0 Å². The van der Waals surface area contributed by atoms with Crippen LogP contribution in [0.25, 0.3) is 21.5 Å². The molecule has 8 heteroatoms. The van der Waals surface area contributed by atoms with Crippen molar-refractivity contribution < 1.29 is 40.9 Å². The van der Waals surface area contributed by atoms with Gasteiger partial charge in [-0.3, -0.25) is 0 Å². The number of hydrogen-bond donors (Lipinski definition) is 8. The molecular weight excluding hydrogens is 1330 g/mol. The molecule has 0 aliphatic heterocycles. The minimum Gasteiger partial charge on any atom is -0.508 e. The quantitative estimate of drug-likeness (QED) is 0.0444. The standard InChI is InChI=1S/C52H60O4.C48H52O4/c1-27(2)39-23-43(31(9)17-47(39)53)51(44-24-40(28(3)4)48(54)18-32(44)10)37-15-13-36-22-38(16-14-35(36)21-37)52(45-25-41(29(5)6)49(55)19-33(45)11)46-26-42(30(7)8)50(56)20-34(46)12;1-23-17-39(27(5)31(9)45(23)49)43(40-18-24(2)46(50)32(10)28(40)6)36-15-13-35-14-16-37(22-38(35)21-36)44(41-19-25(3)47(51)33(11)29(41)7)42-20-26(4)48(52)34(12)30(42)8/h13-30,51-56H,1-12H3;13-22,43-44,49-52H,1-12H3. The Bertz CT molecular complexity index is 4950. The Morgan fingerprint density at radius 1 is 0.176 bits per heavy atom. The molecule has 0 aromatic heterocycles. The van der Waals surface area contributed by atoms with Gasteiger partial charge in [0.25, 0.3) is 0 Å². The maximum Gasteiger partial charge on any atom is 0.121 e. The van der Waals surface area contributed by atoms with Crippen molar-refractivity contribution in [2.45, 2.75) is 214 Å². The lowest BCUT2D eigenvalue weighted by atomic mass is 9.76. The van der Waals surface area contributed by atoms with Gasteiger partial charge in [-0.25, -0.2) is 0 Å². The Kier molecular flexibility index (Phi) is 22.3. The lowest BCUT2D eigenvalue weighted by Gasteiger charge is -2.28. The molecule has 12 aromatic rings. The Morgan fingerprint density at radius 3 is 0.583 bits per heavy atom. The van der Waals surface area contributed by atoms with Crippen molar-refractivity contribution in [1.29, 1.82) is 0 Å². The van der Waals surface area contributed by atoms with Crippen molar-refractivity contribution in [1.82, 2.24) is 0 Å². The van der Waals surface area contributed by atoms with Gasteiger partial charge in [0.2, 0.25) is 0 Å². The second kappa shape index (κ2) is 30.7. The summed E-state index contributed by atoms with van der Waals surface area (Å²) in [6, 6.07) is 51.7. The SMILES string of the molecule is Cc1cc(C(c2ccc3ccc(C(c4cc(C)c(O)c(C)c4C)c4cc(C)c(O)c(C)c4C)cc3c2)c2cc(C)c(O)c(C)c2C)c(C)c(C)c1O.Cc1cc(O)c(C(C)C)cc1C(c1ccc2cc(C(c3cc(C(C)C)c(O)cc3C)c3cc(C(C)C)c(O)cc3C)ccc2c1)c1cc(C(C)C)c(O)cc1C. The summed E-state index contributed by atoms with van der Waals surface area (Å²) in [5, 5.41) is 92.0. The molecule has 8 N–H and O–H groups in total. The van der Waals surface area contributed by atoms with Gasteiger partial charge < -0.3 is 40.9 Å². The average Bonchev–Trinajstić information content (AvgIpc) is 0.761. The van der Waals surface area contributed by atoms with Crippen molar-refractivity contribution in [2.75, 3.05) is 0 Å². The summed E-state index contributed by atoms with van der Waals surface area (Å²) in [6.45, 7) is 49.3. The highest BCUT2D eigenvalue weighted by molar-refractivity contribution is 5.87.